The molecule has 0 aromatic heterocycles. The highest BCUT2D eigenvalue weighted by Gasteiger charge is 2.50. The number of rotatable bonds is 44. The average Bonchev–Trinajstić information content (AvgIpc) is 0.729. The number of ketones is 3. The quantitative estimate of drug-likeness (QED) is 0.0157. The van der Waals surface area contributed by atoms with Crippen LogP contribution in [-0.4, -0.2) is 101 Å². The second-order valence-corrected chi connectivity index (χ2v) is 24.9. The van der Waals surface area contributed by atoms with Gasteiger partial charge in [0.25, 0.3) is 0 Å². The van der Waals surface area contributed by atoms with E-state index in [4.69, 9.17) is 34.2 Å². The van der Waals surface area contributed by atoms with Crippen molar-refractivity contribution in [3.63, 3.8) is 0 Å². The summed E-state index contributed by atoms with van der Waals surface area (Å²) < 4.78 is 35.9. The van der Waals surface area contributed by atoms with Crippen molar-refractivity contribution in [2.24, 2.45) is 5.73 Å². The first-order chi connectivity index (χ1) is 41.7. The van der Waals surface area contributed by atoms with Crippen molar-refractivity contribution in [2.45, 2.75) is 288 Å². The first-order valence-corrected chi connectivity index (χ1v) is 33.6. The topological polar surface area (TPSA) is 231 Å². The molecule has 2 aliphatic carbocycles. The van der Waals surface area contributed by atoms with Gasteiger partial charge in [-0.3, -0.25) is 14.4 Å². The van der Waals surface area contributed by atoms with Gasteiger partial charge in [-0.1, -0.05) is 225 Å². The molecule has 3 aromatic carbocycles. The summed E-state index contributed by atoms with van der Waals surface area (Å²) in [5.74, 6) is -4.24. The monoisotopic (exact) mass is 1200 g/mol. The first kappa shape index (κ1) is 70.2. The Bertz CT molecular complexity index is 2550. The highest BCUT2D eigenvalue weighted by molar-refractivity contribution is 6.31. The molecule has 0 bridgehead atoms. The lowest BCUT2D eigenvalue weighted by Gasteiger charge is -2.42. The van der Waals surface area contributed by atoms with Gasteiger partial charge < -0.3 is 54.6 Å². The number of Topliss-reactive ketones (excluding diaryl/α,β-unsaturated/α-hetero) is 1. The Morgan fingerprint density at radius 2 is 1.16 bits per heavy atom. The van der Waals surface area contributed by atoms with Gasteiger partial charge in [-0.25, -0.2) is 4.79 Å². The molecule has 6 atom stereocenters. The summed E-state index contributed by atoms with van der Waals surface area (Å²) >= 11 is 0. The number of benzene rings is 3. The van der Waals surface area contributed by atoms with Gasteiger partial charge in [0.1, 0.15) is 28.6 Å². The fourth-order valence-electron chi connectivity index (χ4n) is 12.7. The second kappa shape index (κ2) is 37.8. The molecule has 15 heteroatoms. The normalized spacial score (nSPS) is 19.9. The number of hydrogen-bond acceptors (Lipinski definition) is 15. The summed E-state index contributed by atoms with van der Waals surface area (Å²) in [7, 11) is 1.34. The van der Waals surface area contributed by atoms with Crippen LogP contribution in [0, 0.1) is 0 Å². The van der Waals surface area contributed by atoms with E-state index in [-0.39, 0.29) is 40.0 Å². The summed E-state index contributed by atoms with van der Waals surface area (Å²) in [4.78, 5) is 56.6. The molecule has 1 heterocycles. The van der Waals surface area contributed by atoms with Gasteiger partial charge in [-0.15, -0.1) is 0 Å². The van der Waals surface area contributed by atoms with Crippen LogP contribution in [0.5, 0.6) is 23.0 Å². The predicted octanol–water partition coefficient (Wildman–Crippen LogP) is 15.3. The molecular weight excluding hydrogens is 1090 g/mol. The van der Waals surface area contributed by atoms with E-state index in [2.05, 4.69) is 13.8 Å². The van der Waals surface area contributed by atoms with E-state index in [0.717, 1.165) is 37.7 Å². The van der Waals surface area contributed by atoms with Gasteiger partial charge in [0, 0.05) is 54.2 Å². The number of carbonyl (C=O) groups is 4. The van der Waals surface area contributed by atoms with Crippen LogP contribution in [-0.2, 0) is 36.8 Å². The van der Waals surface area contributed by atoms with Crippen LogP contribution in [0.1, 0.15) is 304 Å². The van der Waals surface area contributed by atoms with E-state index in [1.807, 2.05) is 0 Å². The predicted molar refractivity (Wildman–Crippen MR) is 336 cm³/mol. The number of hydrogen-bond donors (Lipinski definition) is 5. The summed E-state index contributed by atoms with van der Waals surface area (Å²) in [6.07, 6.45) is 35.2. The second-order valence-electron chi connectivity index (χ2n) is 24.9. The molecule has 1 fully saturated rings. The number of aliphatic hydroxyl groups is 2. The molecule has 3 aliphatic rings. The average molecular weight is 1200 g/mol. The summed E-state index contributed by atoms with van der Waals surface area (Å²) in [5, 5.41) is 47.0. The molecule has 15 nitrogen and oxygen atoms in total. The van der Waals surface area contributed by atoms with E-state index in [9.17, 15) is 39.6 Å². The van der Waals surface area contributed by atoms with Gasteiger partial charge in [0.2, 0.25) is 11.6 Å². The minimum atomic E-state index is -2.41. The van der Waals surface area contributed by atoms with E-state index in [0.29, 0.717) is 25.6 Å². The van der Waals surface area contributed by atoms with Gasteiger partial charge in [-0.2, -0.15) is 0 Å². The molecule has 6 rings (SSSR count). The van der Waals surface area contributed by atoms with Crippen molar-refractivity contribution < 1.29 is 68.0 Å². The largest absolute Gasteiger partial charge is 0.507 e. The molecule has 3 aromatic rings. The highest BCUT2D eigenvalue weighted by Crippen LogP contribution is 2.53. The lowest BCUT2D eigenvalue weighted by atomic mass is 9.72. The zero-order chi connectivity index (χ0) is 61.7. The van der Waals surface area contributed by atoms with Gasteiger partial charge in [0.05, 0.1) is 60.9 Å². The lowest BCUT2D eigenvalue weighted by Crippen LogP contribution is -2.53. The Morgan fingerprint density at radius 1 is 0.651 bits per heavy atom. The molecular formula is C71H107NO14. The third-order valence-corrected chi connectivity index (χ3v) is 18.0. The van der Waals surface area contributed by atoms with Crippen LogP contribution < -0.4 is 15.2 Å². The van der Waals surface area contributed by atoms with E-state index in [1.54, 1.807) is 25.1 Å². The molecule has 0 unspecified atom stereocenters. The van der Waals surface area contributed by atoms with Crippen molar-refractivity contribution in [2.75, 3.05) is 26.9 Å². The molecule has 6 N–H and O–H groups in total. The van der Waals surface area contributed by atoms with Crippen LogP contribution in [0.25, 0.3) is 0 Å². The maximum atomic E-state index is 14.3. The number of phenolic OH excluding ortho intramolecular Hbond substituents is 2. The van der Waals surface area contributed by atoms with Crippen molar-refractivity contribution in [3.05, 3.63) is 80.9 Å². The number of nitrogens with two attached hydrogens (primary N) is 1. The SMILES string of the molecule is CCCCCCCCCCCCCCCCCCOCc1ccc(C(=O)OCC(=O)[C@]2(O)Cc3c(O)c4c(c(O)c3[C@@H](O[C@H]3C[C@H](N)[C@H](O)[C@H](C)O3)C2)C(=O)c2c(OC)cccc2C4=O)cc1OCCCCCCCCCCCCCCCCCC. The third kappa shape index (κ3) is 20.9. The number of ether oxygens (including phenoxy) is 6. The maximum Gasteiger partial charge on any atom is 0.338 e. The molecule has 86 heavy (non-hydrogen) atoms. The molecule has 0 saturated carbocycles. The molecule has 0 radical (unpaired) electrons. The number of fused-ring (bicyclic) bond motifs is 3. The van der Waals surface area contributed by atoms with Crippen molar-refractivity contribution >= 4 is 23.3 Å². The number of unbranched alkanes of at least 4 members (excludes halogenated alkanes) is 30. The Kier molecular flexibility index (Phi) is 30.9. The van der Waals surface area contributed by atoms with Crippen LogP contribution in [0.15, 0.2) is 36.4 Å². The smallest absolute Gasteiger partial charge is 0.338 e. The highest BCUT2D eigenvalue weighted by atomic mass is 16.7. The molecule has 480 valence electrons. The minimum absolute atomic E-state index is 0.0311. The van der Waals surface area contributed by atoms with Crippen LogP contribution >= 0.6 is 0 Å². The van der Waals surface area contributed by atoms with Crippen molar-refractivity contribution in [3.8, 4) is 23.0 Å². The minimum Gasteiger partial charge on any atom is -0.507 e. The van der Waals surface area contributed by atoms with Crippen LogP contribution in [0.2, 0.25) is 0 Å². The van der Waals surface area contributed by atoms with Gasteiger partial charge >= 0.3 is 5.97 Å². The fraction of sp³-hybridized carbons (Fsp3) is 0.690. The van der Waals surface area contributed by atoms with Crippen LogP contribution in [0.4, 0.5) is 0 Å². The lowest BCUT2D eigenvalue weighted by molar-refractivity contribution is -0.247. The third-order valence-electron chi connectivity index (χ3n) is 18.0. The number of aromatic hydroxyl groups is 2. The Morgan fingerprint density at radius 3 is 1.69 bits per heavy atom. The Hall–Kier alpha value is -4.90. The molecule has 1 aliphatic heterocycles. The van der Waals surface area contributed by atoms with Crippen LogP contribution in [0.3, 0.4) is 0 Å². The van der Waals surface area contributed by atoms with Crippen molar-refractivity contribution in [1.82, 2.24) is 0 Å². The number of carbonyl (C=O) groups excluding carboxylic acids is 4. The van der Waals surface area contributed by atoms with Gasteiger partial charge in [-0.05, 0) is 38.0 Å². The van der Waals surface area contributed by atoms with E-state index in [1.165, 1.54) is 199 Å². The number of methoxy groups -OCH3 is 1. The summed E-state index contributed by atoms with van der Waals surface area (Å²) in [6, 6.07) is 8.60. The van der Waals surface area contributed by atoms with E-state index < -0.39 is 102 Å². The Labute approximate surface area is 514 Å². The summed E-state index contributed by atoms with van der Waals surface area (Å²) in [6.45, 7) is 6.57. The number of esters is 1. The number of aliphatic hydroxyl groups excluding tert-OH is 1. The number of phenols is 2. The molecule has 0 spiro atoms. The molecule has 0 amide bonds. The maximum absolute atomic E-state index is 14.3. The standard InChI is InChI=1S/C71H107NO14/c1-5-7-9-11-13-15-17-19-21-23-25-27-29-31-33-35-42-82-48-52-41-40-51(44-57(52)83-43-36-34-32-30-28-26-24-22-20-18-16-14-12-10-8-6-2)70(79)84-49-59(73)71(80)46-54-62(58(47-71)86-60-45-55(72)65(74)50(3)85-60)69(78)64-63(67(54)76)66(75)53-38-37-39-56(81-4)61(53)68(64)77/h37-41,44,50,55,58,60,65,74,76,78,80H,5-36,42-43,45-49,72H2,1-4H3/t50-,55-,58-,60-,65+,71-/m0/s1. The van der Waals surface area contributed by atoms with Crippen molar-refractivity contribution in [1.29, 1.82) is 0 Å². The van der Waals surface area contributed by atoms with E-state index >= 15 is 0 Å². The first-order valence-electron chi connectivity index (χ1n) is 33.6. The van der Waals surface area contributed by atoms with Gasteiger partial charge in [0.15, 0.2) is 18.7 Å². The molecule has 1 saturated heterocycles. The fourth-order valence-corrected chi connectivity index (χ4v) is 12.7. The summed E-state index contributed by atoms with van der Waals surface area (Å²) in [5.41, 5.74) is 3.19. The Balaban J connectivity index is 1.05. The zero-order valence-electron chi connectivity index (χ0n) is 52.9. The zero-order valence-corrected chi connectivity index (χ0v) is 52.9.